The fourth-order valence-electron chi connectivity index (χ4n) is 8.13. The summed E-state index contributed by atoms with van der Waals surface area (Å²) in [5.41, 5.74) is 11.0. The van der Waals surface area contributed by atoms with Crippen LogP contribution in [0.5, 0.6) is 0 Å². The Bertz CT molecular complexity index is 1440. The van der Waals surface area contributed by atoms with Crippen molar-refractivity contribution >= 4 is 29.3 Å². The monoisotopic (exact) mass is 786 g/mol. The van der Waals surface area contributed by atoms with Gasteiger partial charge in [0.25, 0.3) is 0 Å². The summed E-state index contributed by atoms with van der Waals surface area (Å²) in [7, 11) is 10.4. The van der Waals surface area contributed by atoms with Crippen molar-refractivity contribution in [1.29, 1.82) is 0 Å². The van der Waals surface area contributed by atoms with E-state index in [1.165, 1.54) is 0 Å². The summed E-state index contributed by atoms with van der Waals surface area (Å²) in [6.45, 7) is 14.2. The quantitative estimate of drug-likeness (QED) is 0.0810. The summed E-state index contributed by atoms with van der Waals surface area (Å²) >= 11 is 0. The molecule has 0 radical (unpaired) electrons. The fraction of sp³-hybridized carbons (Fsp3) is 0.756. The van der Waals surface area contributed by atoms with Crippen molar-refractivity contribution in [1.82, 2.24) is 25.3 Å². The van der Waals surface area contributed by atoms with Crippen LogP contribution in [-0.4, -0.2) is 136 Å². The minimum Gasteiger partial charge on any atom is -0.388 e. The molecule has 15 nitrogen and oxygen atoms in total. The van der Waals surface area contributed by atoms with Gasteiger partial charge < -0.3 is 35.2 Å². The van der Waals surface area contributed by atoms with E-state index in [2.05, 4.69) is 26.0 Å². The van der Waals surface area contributed by atoms with Gasteiger partial charge in [0.05, 0.1) is 42.7 Å². The van der Waals surface area contributed by atoms with Crippen molar-refractivity contribution in [2.75, 3.05) is 60.8 Å². The molecule has 4 amide bonds. The zero-order valence-electron chi connectivity index (χ0n) is 36.2. The molecule has 0 saturated carbocycles. The molecule has 0 aromatic heterocycles. The van der Waals surface area contributed by atoms with Crippen LogP contribution in [-0.2, 0) is 35.1 Å². The maximum absolute atomic E-state index is 14.3. The van der Waals surface area contributed by atoms with Gasteiger partial charge in [-0.05, 0) is 74.3 Å². The molecule has 1 aliphatic heterocycles. The van der Waals surface area contributed by atoms with Gasteiger partial charge in [-0.25, -0.2) is 0 Å². The average Bonchev–Trinajstić information content (AvgIpc) is 3.65. The largest absolute Gasteiger partial charge is 0.388 e. The van der Waals surface area contributed by atoms with E-state index in [9.17, 15) is 19.2 Å². The van der Waals surface area contributed by atoms with Gasteiger partial charge in [0.2, 0.25) is 23.6 Å². The van der Waals surface area contributed by atoms with Gasteiger partial charge in [-0.3, -0.25) is 24.1 Å². The van der Waals surface area contributed by atoms with Crippen LogP contribution >= 0.6 is 0 Å². The Labute approximate surface area is 335 Å². The number of nitrogens with zero attached hydrogens (tertiary/aromatic N) is 6. The molecule has 1 fully saturated rings. The van der Waals surface area contributed by atoms with Crippen LogP contribution in [0, 0.1) is 23.7 Å². The van der Waals surface area contributed by atoms with Gasteiger partial charge in [-0.2, -0.15) is 0 Å². The summed E-state index contributed by atoms with van der Waals surface area (Å²) in [4.78, 5) is 63.9. The molecule has 0 spiro atoms. The van der Waals surface area contributed by atoms with Gasteiger partial charge >= 0.3 is 0 Å². The minimum atomic E-state index is -0.767. The topological polar surface area (TPSA) is 181 Å². The third kappa shape index (κ3) is 13.1. The van der Waals surface area contributed by atoms with E-state index in [0.29, 0.717) is 19.4 Å². The lowest BCUT2D eigenvalue weighted by atomic mass is 9.89. The first-order valence-electron chi connectivity index (χ1n) is 20.1. The molecule has 3 N–H and O–H groups in total. The predicted octanol–water partition coefficient (Wildman–Crippen LogP) is 4.71. The highest BCUT2D eigenvalue weighted by atomic mass is 16.5. The van der Waals surface area contributed by atoms with Crippen molar-refractivity contribution < 1.29 is 28.7 Å². The number of azide groups is 1. The van der Waals surface area contributed by atoms with Crippen molar-refractivity contribution in [3.8, 4) is 0 Å². The van der Waals surface area contributed by atoms with Crippen LogP contribution in [0.2, 0.25) is 0 Å². The molecule has 1 aromatic rings. The Kier molecular flexibility index (Phi) is 20.1. The van der Waals surface area contributed by atoms with Gasteiger partial charge in [0, 0.05) is 58.0 Å². The maximum Gasteiger partial charge on any atom is 0.245 e. The second-order valence-corrected chi connectivity index (χ2v) is 16.2. The summed E-state index contributed by atoms with van der Waals surface area (Å²) in [5, 5.41) is 12.9. The highest BCUT2D eigenvalue weighted by Crippen LogP contribution is 2.30. The van der Waals surface area contributed by atoms with Crippen molar-refractivity contribution in [3.63, 3.8) is 0 Å². The molecule has 56 heavy (non-hydrogen) atoms. The number of hydrogen-bond donors (Lipinski definition) is 3. The summed E-state index contributed by atoms with van der Waals surface area (Å²) < 4.78 is 12.0. The summed E-state index contributed by atoms with van der Waals surface area (Å²) in [6, 6.07) is 5.40. The maximum atomic E-state index is 14.3. The molecule has 15 heteroatoms. The predicted molar refractivity (Wildman–Crippen MR) is 221 cm³/mol. The van der Waals surface area contributed by atoms with Gasteiger partial charge in [-0.1, -0.05) is 72.1 Å². The lowest BCUT2D eigenvalue weighted by molar-refractivity contribution is -0.148. The number of hydrogen-bond acceptors (Lipinski definition) is 9. The van der Waals surface area contributed by atoms with Crippen LogP contribution in [0.1, 0.15) is 79.7 Å². The molecular formula is C41H71N9O6. The van der Waals surface area contributed by atoms with E-state index in [4.69, 9.17) is 15.0 Å². The molecule has 2 rings (SSSR count). The second-order valence-electron chi connectivity index (χ2n) is 16.2. The number of methoxy groups -OCH3 is 2. The fourth-order valence-corrected chi connectivity index (χ4v) is 8.13. The molecule has 1 aliphatic rings. The lowest BCUT2D eigenvalue weighted by Crippen LogP contribution is -2.59. The standard InChI is InChI=1S/C41H71N9O6/c1-14-27(6)37(49(11)41(54)35(25(2)3)46-40(53)36(26(4)5)48(9)10)33(55-12)23-34(51)50-21-15-16-32(50)38(56-13)28(7)39(52)45-31(24-44-47-42)22-29-17-19-30(43-8)20-18-29/h17-20,25-28,31-33,35-38,43H,14-16,21-24H2,1-13H3,(H,45,52)(H,46,53)/t27-,28+,31-,32-,33+,35-,36-,37-,38+/m0/s1. The van der Waals surface area contributed by atoms with Gasteiger partial charge in [0.15, 0.2) is 0 Å². The molecule has 316 valence electrons. The van der Waals surface area contributed by atoms with Gasteiger partial charge in [-0.15, -0.1) is 0 Å². The number of nitrogens with one attached hydrogen (secondary N) is 3. The molecule has 1 heterocycles. The molecular weight excluding hydrogens is 715 g/mol. The Morgan fingerprint density at radius 2 is 1.61 bits per heavy atom. The Hall–Kier alpha value is -3.91. The Morgan fingerprint density at radius 1 is 0.964 bits per heavy atom. The second kappa shape index (κ2) is 23.4. The number of anilines is 1. The Morgan fingerprint density at radius 3 is 2.11 bits per heavy atom. The van der Waals surface area contributed by atoms with Gasteiger partial charge in [0.1, 0.15) is 6.04 Å². The number of amides is 4. The van der Waals surface area contributed by atoms with Crippen LogP contribution in [0.4, 0.5) is 5.69 Å². The number of benzene rings is 1. The zero-order chi connectivity index (χ0) is 42.3. The number of rotatable bonds is 23. The molecule has 1 saturated heterocycles. The number of likely N-dealkylation sites (N-methyl/N-ethyl adjacent to an activating group) is 2. The first kappa shape index (κ1) is 48.2. The summed E-state index contributed by atoms with van der Waals surface area (Å²) in [5.74, 6) is -1.64. The van der Waals surface area contributed by atoms with Crippen LogP contribution in [0.25, 0.3) is 10.4 Å². The first-order valence-corrected chi connectivity index (χ1v) is 20.1. The first-order chi connectivity index (χ1) is 26.5. The molecule has 0 unspecified atom stereocenters. The zero-order valence-corrected chi connectivity index (χ0v) is 36.2. The average molecular weight is 786 g/mol. The Balaban J connectivity index is 2.28. The van der Waals surface area contributed by atoms with Crippen LogP contribution in [0.15, 0.2) is 29.4 Å². The van der Waals surface area contributed by atoms with E-state index in [1.54, 1.807) is 38.0 Å². The number of likely N-dealkylation sites (tertiary alicyclic amines) is 1. The van der Waals surface area contributed by atoms with E-state index in [-0.39, 0.29) is 60.4 Å². The summed E-state index contributed by atoms with van der Waals surface area (Å²) in [6.07, 6.45) is 1.40. The third-order valence-corrected chi connectivity index (χ3v) is 11.4. The molecule has 9 atom stereocenters. The van der Waals surface area contributed by atoms with E-state index in [0.717, 1.165) is 24.1 Å². The molecule has 1 aromatic carbocycles. The van der Waals surface area contributed by atoms with E-state index < -0.39 is 42.3 Å². The van der Waals surface area contributed by atoms with Crippen molar-refractivity contribution in [3.05, 3.63) is 40.3 Å². The highest BCUT2D eigenvalue weighted by Gasteiger charge is 2.43. The van der Waals surface area contributed by atoms with E-state index in [1.807, 2.05) is 91.9 Å². The minimum absolute atomic E-state index is 0.0198. The van der Waals surface area contributed by atoms with Crippen LogP contribution < -0.4 is 16.0 Å². The van der Waals surface area contributed by atoms with Crippen molar-refractivity contribution in [2.24, 2.45) is 28.8 Å². The van der Waals surface area contributed by atoms with E-state index >= 15 is 0 Å². The lowest BCUT2D eigenvalue weighted by Gasteiger charge is -2.41. The van der Waals surface area contributed by atoms with Crippen molar-refractivity contribution in [2.45, 2.75) is 123 Å². The number of ether oxygens (including phenoxy) is 2. The normalized spacial score (nSPS) is 18.6. The highest BCUT2D eigenvalue weighted by molar-refractivity contribution is 5.90. The smallest absolute Gasteiger partial charge is 0.245 e. The third-order valence-electron chi connectivity index (χ3n) is 11.4. The van der Waals surface area contributed by atoms with Crippen LogP contribution in [0.3, 0.4) is 0 Å². The number of carbonyl (C=O) groups is 4. The number of carbonyl (C=O) groups excluding carboxylic acids is 4. The SMILES string of the molecule is CC[C@H](C)[C@@H]([C@@H](CC(=O)N1CCC[C@H]1[C@H](OC)[C@@H](C)C(=O)N[C@H](CN=[N+]=[N-])Cc1ccc(NC)cc1)OC)N(C)C(=O)[C@@H](NC(=O)[C@H](C(C)C)N(C)C)C(C)C. The molecule has 0 bridgehead atoms. The molecule has 0 aliphatic carbocycles.